The predicted molar refractivity (Wildman–Crippen MR) is 169 cm³/mol. The number of benzene rings is 4. The van der Waals surface area contributed by atoms with Crippen molar-refractivity contribution in [2.24, 2.45) is 0 Å². The van der Waals surface area contributed by atoms with Crippen molar-refractivity contribution in [2.45, 2.75) is 43.5 Å². The number of amides is 1. The summed E-state index contributed by atoms with van der Waals surface area (Å²) in [5.41, 5.74) is 3.63. The highest BCUT2D eigenvalue weighted by molar-refractivity contribution is 14.1. The van der Waals surface area contributed by atoms with Crippen molar-refractivity contribution in [1.82, 2.24) is 5.32 Å². The van der Waals surface area contributed by atoms with Crippen LogP contribution in [0.25, 0.3) is 11.1 Å². The molecule has 212 valence electrons. The highest BCUT2D eigenvalue weighted by atomic mass is 127. The maximum Gasteiger partial charge on any atom is 0.305 e. The highest BCUT2D eigenvalue weighted by Crippen LogP contribution is 2.28. The van der Waals surface area contributed by atoms with Crippen LogP contribution < -0.4 is 10.0 Å². The molecule has 4 rings (SSSR count). The minimum absolute atomic E-state index is 0.0673. The molecule has 0 aliphatic rings. The van der Waals surface area contributed by atoms with E-state index in [1.54, 1.807) is 36.4 Å². The van der Waals surface area contributed by atoms with E-state index < -0.39 is 27.9 Å². The lowest BCUT2D eigenvalue weighted by atomic mass is 9.87. The summed E-state index contributed by atoms with van der Waals surface area (Å²) in [5.74, 6) is -1.67. The van der Waals surface area contributed by atoms with Gasteiger partial charge < -0.3 is 10.4 Å². The Morgan fingerprint density at radius 3 is 2.05 bits per heavy atom. The average Bonchev–Trinajstić information content (AvgIpc) is 2.93. The number of carboxylic acids is 1. The number of sulfonamides is 1. The molecule has 0 aliphatic heterocycles. The largest absolute Gasteiger partial charge is 0.481 e. The van der Waals surface area contributed by atoms with Crippen LogP contribution >= 0.6 is 22.6 Å². The molecule has 0 heterocycles. The van der Waals surface area contributed by atoms with Gasteiger partial charge in [-0.05, 0) is 80.6 Å². The zero-order valence-corrected chi connectivity index (χ0v) is 25.9. The molecule has 0 saturated carbocycles. The van der Waals surface area contributed by atoms with Crippen molar-refractivity contribution in [1.29, 1.82) is 0 Å². The van der Waals surface area contributed by atoms with Gasteiger partial charge in [-0.15, -0.1) is 0 Å². The molecule has 0 bridgehead atoms. The van der Waals surface area contributed by atoms with E-state index in [0.717, 1.165) is 16.7 Å². The van der Waals surface area contributed by atoms with Crippen LogP contribution in [0.5, 0.6) is 0 Å². The van der Waals surface area contributed by atoms with Crippen LogP contribution in [-0.4, -0.2) is 25.4 Å². The molecule has 0 spiro atoms. The molecule has 4 aromatic rings. The van der Waals surface area contributed by atoms with Gasteiger partial charge in [-0.1, -0.05) is 87.5 Å². The van der Waals surface area contributed by atoms with Gasteiger partial charge in [-0.2, -0.15) is 0 Å². The van der Waals surface area contributed by atoms with Crippen molar-refractivity contribution in [2.75, 3.05) is 4.72 Å². The van der Waals surface area contributed by atoms with Crippen LogP contribution in [0.3, 0.4) is 0 Å². The number of anilines is 1. The SMILES string of the molecule is CC(C)(C)c1ccc(S(=O)(=O)Nc2ccc(I)cc2C(=O)NC(CC(=O)O)c2ccc(-c3ccccc3)cc2)cc1. The van der Waals surface area contributed by atoms with Crippen molar-refractivity contribution in [3.63, 3.8) is 0 Å². The van der Waals surface area contributed by atoms with Gasteiger partial charge in [-0.3, -0.25) is 14.3 Å². The number of nitrogens with one attached hydrogen (secondary N) is 2. The summed E-state index contributed by atoms with van der Waals surface area (Å²) in [6.07, 6.45) is -0.346. The topological polar surface area (TPSA) is 113 Å². The van der Waals surface area contributed by atoms with Gasteiger partial charge in [0.05, 0.1) is 28.6 Å². The molecule has 3 N–H and O–H groups in total. The van der Waals surface area contributed by atoms with Crippen molar-refractivity contribution < 1.29 is 23.1 Å². The number of rotatable bonds is 9. The number of halogens is 1. The number of carbonyl (C=O) groups is 2. The first-order valence-corrected chi connectivity index (χ1v) is 15.5. The maximum absolute atomic E-state index is 13.5. The Morgan fingerprint density at radius 2 is 1.46 bits per heavy atom. The first-order valence-electron chi connectivity index (χ1n) is 12.9. The van der Waals surface area contributed by atoms with Gasteiger partial charge in [0.25, 0.3) is 15.9 Å². The molecular formula is C32H31IN2O5S. The minimum atomic E-state index is -4.00. The third-order valence-corrected chi connectivity index (χ3v) is 8.66. The Labute approximate surface area is 254 Å². The average molecular weight is 683 g/mol. The summed E-state index contributed by atoms with van der Waals surface area (Å²) >= 11 is 2.04. The first-order chi connectivity index (χ1) is 19.3. The smallest absolute Gasteiger partial charge is 0.305 e. The van der Waals surface area contributed by atoms with Gasteiger partial charge in [0.15, 0.2) is 0 Å². The van der Waals surface area contributed by atoms with Crippen LogP contribution in [0, 0.1) is 3.57 Å². The normalized spacial score (nSPS) is 12.4. The molecule has 0 saturated heterocycles. The number of carboxylic acid groups (broad SMARTS) is 1. The Kier molecular flexibility index (Phi) is 9.18. The molecule has 7 nitrogen and oxygen atoms in total. The number of hydrogen-bond acceptors (Lipinski definition) is 4. The standard InChI is InChI=1S/C32H31IN2O5S/c1-32(2,3)24-13-16-26(17-14-24)41(39,40)35-28-18-15-25(33)19-27(28)31(38)34-29(20-30(36)37)23-11-9-22(10-12-23)21-7-5-4-6-8-21/h4-19,29,35H,20H2,1-3H3,(H,34,38)(H,36,37). The molecule has 0 aromatic heterocycles. The van der Waals surface area contributed by atoms with Crippen molar-refractivity contribution in [3.05, 3.63) is 117 Å². The molecular weight excluding hydrogens is 651 g/mol. The second-order valence-electron chi connectivity index (χ2n) is 10.7. The molecule has 0 aliphatic carbocycles. The molecule has 9 heteroatoms. The number of hydrogen-bond donors (Lipinski definition) is 3. The molecule has 0 radical (unpaired) electrons. The van der Waals surface area contributed by atoms with Crippen LogP contribution in [0.2, 0.25) is 0 Å². The summed E-state index contributed by atoms with van der Waals surface area (Å²) in [6.45, 7) is 6.13. The first kappa shape index (κ1) is 30.3. The van der Waals surface area contributed by atoms with Crippen LogP contribution in [0.4, 0.5) is 5.69 Å². The monoisotopic (exact) mass is 682 g/mol. The lowest BCUT2D eigenvalue weighted by molar-refractivity contribution is -0.137. The quantitative estimate of drug-likeness (QED) is 0.165. The van der Waals surface area contributed by atoms with Crippen molar-refractivity contribution >= 4 is 50.2 Å². The molecule has 0 fully saturated rings. The van der Waals surface area contributed by atoms with E-state index in [1.807, 2.05) is 85.8 Å². The summed E-state index contributed by atoms with van der Waals surface area (Å²) in [5, 5.41) is 12.4. The Balaban J connectivity index is 1.60. The zero-order valence-electron chi connectivity index (χ0n) is 22.9. The second kappa shape index (κ2) is 12.4. The number of carbonyl (C=O) groups excluding carboxylic acids is 1. The van der Waals surface area contributed by atoms with Gasteiger partial charge in [0, 0.05) is 3.57 Å². The molecule has 4 aromatic carbocycles. The fourth-order valence-electron chi connectivity index (χ4n) is 4.33. The second-order valence-corrected chi connectivity index (χ2v) is 13.6. The summed E-state index contributed by atoms with van der Waals surface area (Å²) in [4.78, 5) is 25.3. The van der Waals surface area contributed by atoms with Gasteiger partial charge in [0.1, 0.15) is 0 Å². The van der Waals surface area contributed by atoms with E-state index in [1.165, 1.54) is 18.2 Å². The van der Waals surface area contributed by atoms with E-state index in [-0.39, 0.29) is 28.0 Å². The van der Waals surface area contributed by atoms with Crippen LogP contribution in [-0.2, 0) is 20.2 Å². The Bertz CT molecular complexity index is 1650. The van der Waals surface area contributed by atoms with E-state index in [4.69, 9.17) is 0 Å². The summed E-state index contributed by atoms with van der Waals surface area (Å²) in [6, 6.07) is 27.6. The van der Waals surface area contributed by atoms with Gasteiger partial charge >= 0.3 is 5.97 Å². The lowest BCUT2D eigenvalue weighted by Crippen LogP contribution is -2.31. The third-order valence-electron chi connectivity index (χ3n) is 6.61. The fourth-order valence-corrected chi connectivity index (χ4v) is 5.90. The summed E-state index contributed by atoms with van der Waals surface area (Å²) in [7, 11) is -4.00. The van der Waals surface area contributed by atoms with E-state index >= 15 is 0 Å². The number of aliphatic carboxylic acids is 1. The predicted octanol–water partition coefficient (Wildman–Crippen LogP) is 7.00. The minimum Gasteiger partial charge on any atom is -0.481 e. The molecule has 1 amide bonds. The zero-order chi connectivity index (χ0) is 29.8. The van der Waals surface area contributed by atoms with E-state index in [2.05, 4.69) is 10.0 Å². The maximum atomic E-state index is 13.5. The van der Waals surface area contributed by atoms with E-state index in [9.17, 15) is 23.1 Å². The third kappa shape index (κ3) is 7.74. The van der Waals surface area contributed by atoms with Crippen LogP contribution in [0.1, 0.15) is 54.7 Å². The molecule has 41 heavy (non-hydrogen) atoms. The van der Waals surface area contributed by atoms with Crippen molar-refractivity contribution in [3.8, 4) is 11.1 Å². The highest BCUT2D eigenvalue weighted by Gasteiger charge is 2.24. The van der Waals surface area contributed by atoms with E-state index in [0.29, 0.717) is 9.13 Å². The Hall–Kier alpha value is -3.70. The van der Waals surface area contributed by atoms with Gasteiger partial charge in [0.2, 0.25) is 0 Å². The Morgan fingerprint density at radius 1 is 0.854 bits per heavy atom. The lowest BCUT2D eigenvalue weighted by Gasteiger charge is -2.20. The van der Waals surface area contributed by atoms with Gasteiger partial charge in [-0.25, -0.2) is 8.42 Å². The fraction of sp³-hybridized carbons (Fsp3) is 0.188. The van der Waals surface area contributed by atoms with Crippen LogP contribution in [0.15, 0.2) is 102 Å². The molecule has 1 unspecified atom stereocenters. The molecule has 1 atom stereocenters. The summed E-state index contributed by atoms with van der Waals surface area (Å²) < 4.78 is 29.7.